The first kappa shape index (κ1) is 16.3. The van der Waals surface area contributed by atoms with E-state index in [2.05, 4.69) is 18.3 Å². The highest BCUT2D eigenvalue weighted by Gasteiger charge is 2.12. The monoisotopic (exact) mass is 285 g/mol. The van der Waals surface area contributed by atoms with Crippen LogP contribution in [0.25, 0.3) is 0 Å². The smallest absolute Gasteiger partial charge is 0.137 e. The lowest BCUT2D eigenvalue weighted by atomic mass is 10.0. The van der Waals surface area contributed by atoms with Gasteiger partial charge in [-0.25, -0.2) is 0 Å². The molecule has 3 nitrogen and oxygen atoms in total. The lowest BCUT2D eigenvalue weighted by Crippen LogP contribution is -2.22. The molecule has 108 valence electrons. The molecule has 0 aliphatic carbocycles. The topological polar surface area (TPSA) is 30.5 Å². The van der Waals surface area contributed by atoms with Crippen molar-refractivity contribution in [3.63, 3.8) is 0 Å². The van der Waals surface area contributed by atoms with Crippen LogP contribution in [0.1, 0.15) is 37.8 Å². The second kappa shape index (κ2) is 9.18. The van der Waals surface area contributed by atoms with E-state index in [0.29, 0.717) is 11.1 Å². The normalized spacial score (nSPS) is 12.4. The summed E-state index contributed by atoms with van der Waals surface area (Å²) in [4.78, 5) is 0. The van der Waals surface area contributed by atoms with E-state index in [-0.39, 0.29) is 0 Å². The molecule has 0 fully saturated rings. The third kappa shape index (κ3) is 5.39. The number of nitrogens with one attached hydrogen (secondary N) is 1. The molecule has 0 heterocycles. The van der Waals surface area contributed by atoms with E-state index in [9.17, 15) is 0 Å². The Balaban J connectivity index is 2.76. The van der Waals surface area contributed by atoms with Gasteiger partial charge >= 0.3 is 0 Å². The molecule has 0 radical (unpaired) electrons. The number of hydrogen-bond acceptors (Lipinski definition) is 3. The van der Waals surface area contributed by atoms with Crippen LogP contribution >= 0.6 is 11.6 Å². The van der Waals surface area contributed by atoms with Gasteiger partial charge in [-0.1, -0.05) is 24.6 Å². The van der Waals surface area contributed by atoms with Crippen LogP contribution in [0, 0.1) is 0 Å². The summed E-state index contributed by atoms with van der Waals surface area (Å²) < 4.78 is 10.4. The number of ether oxygens (including phenoxy) is 2. The molecule has 1 atom stereocenters. The van der Waals surface area contributed by atoms with E-state index in [0.717, 1.165) is 38.2 Å². The summed E-state index contributed by atoms with van der Waals surface area (Å²) >= 11 is 6.07. The van der Waals surface area contributed by atoms with Crippen molar-refractivity contribution in [1.82, 2.24) is 5.32 Å². The average Bonchev–Trinajstić information content (AvgIpc) is 2.43. The third-order valence-corrected chi connectivity index (χ3v) is 3.37. The molecule has 0 aromatic heterocycles. The average molecular weight is 286 g/mol. The molecule has 1 rings (SSSR count). The van der Waals surface area contributed by atoms with Gasteiger partial charge in [0.15, 0.2) is 0 Å². The molecule has 4 heteroatoms. The molecule has 19 heavy (non-hydrogen) atoms. The molecule has 0 aliphatic heterocycles. The van der Waals surface area contributed by atoms with Crippen LogP contribution < -0.4 is 10.1 Å². The number of hydrogen-bond donors (Lipinski definition) is 1. The van der Waals surface area contributed by atoms with Gasteiger partial charge in [0.05, 0.1) is 12.1 Å². The minimum absolute atomic E-state index is 0.321. The molecule has 0 amide bonds. The summed E-state index contributed by atoms with van der Waals surface area (Å²) in [5.41, 5.74) is 1.21. The fourth-order valence-electron chi connectivity index (χ4n) is 2.03. The van der Waals surface area contributed by atoms with Gasteiger partial charge in [0.1, 0.15) is 5.75 Å². The van der Waals surface area contributed by atoms with Crippen molar-refractivity contribution in [3.8, 4) is 5.75 Å². The molecule has 1 aromatic carbocycles. The Hall–Kier alpha value is -0.770. The highest BCUT2D eigenvalue weighted by molar-refractivity contribution is 6.32. The largest absolute Gasteiger partial charge is 0.495 e. The second-order valence-corrected chi connectivity index (χ2v) is 4.94. The quantitative estimate of drug-likeness (QED) is 0.700. The van der Waals surface area contributed by atoms with Crippen molar-refractivity contribution in [2.45, 2.75) is 32.2 Å². The molecule has 1 unspecified atom stereocenters. The second-order valence-electron chi connectivity index (χ2n) is 4.54. The molecule has 0 bridgehead atoms. The first-order chi connectivity index (χ1) is 9.22. The molecular formula is C15H24ClNO2. The van der Waals surface area contributed by atoms with Crippen molar-refractivity contribution >= 4 is 11.6 Å². The lowest BCUT2D eigenvalue weighted by molar-refractivity contribution is 0.188. The van der Waals surface area contributed by atoms with Gasteiger partial charge in [-0.2, -0.15) is 0 Å². The lowest BCUT2D eigenvalue weighted by Gasteiger charge is -2.20. The fourth-order valence-corrected chi connectivity index (χ4v) is 2.22. The molecule has 1 aromatic rings. The van der Waals surface area contributed by atoms with Gasteiger partial charge < -0.3 is 14.8 Å². The van der Waals surface area contributed by atoms with Crippen molar-refractivity contribution in [2.24, 2.45) is 0 Å². The summed E-state index contributed by atoms with van der Waals surface area (Å²) in [6.45, 7) is 3.96. The number of benzene rings is 1. The van der Waals surface area contributed by atoms with E-state index in [1.165, 1.54) is 5.56 Å². The van der Waals surface area contributed by atoms with Gasteiger partial charge in [0.2, 0.25) is 0 Å². The summed E-state index contributed by atoms with van der Waals surface area (Å²) in [5.74, 6) is 0.731. The van der Waals surface area contributed by atoms with Crippen LogP contribution in [-0.2, 0) is 4.74 Å². The van der Waals surface area contributed by atoms with Crippen molar-refractivity contribution in [1.29, 1.82) is 0 Å². The Bertz CT molecular complexity index is 371. The van der Waals surface area contributed by atoms with Gasteiger partial charge in [-0.3, -0.25) is 0 Å². The number of methoxy groups -OCH3 is 2. The first-order valence-corrected chi connectivity index (χ1v) is 7.16. The Kier molecular flexibility index (Phi) is 7.87. The third-order valence-electron chi connectivity index (χ3n) is 3.06. The van der Waals surface area contributed by atoms with E-state index >= 15 is 0 Å². The Morgan fingerprint density at radius 2 is 2.11 bits per heavy atom. The zero-order valence-corrected chi connectivity index (χ0v) is 12.8. The molecule has 0 saturated carbocycles. The molecule has 0 spiro atoms. The number of halogens is 1. The SMILES string of the molecule is CCCNC(CCCOC)c1ccc(Cl)c(OC)c1. The summed E-state index contributed by atoms with van der Waals surface area (Å²) in [6, 6.07) is 6.29. The zero-order chi connectivity index (χ0) is 14.1. The maximum Gasteiger partial charge on any atom is 0.137 e. The molecule has 0 saturated heterocycles. The first-order valence-electron chi connectivity index (χ1n) is 6.78. The van der Waals surface area contributed by atoms with E-state index in [4.69, 9.17) is 21.1 Å². The van der Waals surface area contributed by atoms with Crippen LogP contribution in [0.4, 0.5) is 0 Å². The van der Waals surface area contributed by atoms with E-state index < -0.39 is 0 Å². The maximum absolute atomic E-state index is 6.07. The molecular weight excluding hydrogens is 262 g/mol. The van der Waals surface area contributed by atoms with E-state index in [1.807, 2.05) is 12.1 Å². The van der Waals surface area contributed by atoms with E-state index in [1.54, 1.807) is 14.2 Å². The van der Waals surface area contributed by atoms with Gasteiger partial charge in [-0.15, -0.1) is 0 Å². The van der Waals surface area contributed by atoms with Gasteiger partial charge in [-0.05, 0) is 43.5 Å². The predicted octanol–water partition coefficient (Wildman–Crippen LogP) is 3.82. The van der Waals surface area contributed by atoms with Gasteiger partial charge in [0.25, 0.3) is 0 Å². The van der Waals surface area contributed by atoms with Crippen molar-refractivity contribution in [2.75, 3.05) is 27.4 Å². The van der Waals surface area contributed by atoms with Crippen LogP contribution in [0.5, 0.6) is 5.75 Å². The standard InChI is InChI=1S/C15H24ClNO2/c1-4-9-17-14(6-5-10-18-2)12-7-8-13(16)15(11-12)19-3/h7-8,11,14,17H,4-6,9-10H2,1-3H3. The highest BCUT2D eigenvalue weighted by Crippen LogP contribution is 2.29. The predicted molar refractivity (Wildman–Crippen MR) is 80.1 cm³/mol. The molecule has 1 N–H and O–H groups in total. The summed E-state index contributed by atoms with van der Waals surface area (Å²) in [5, 5.41) is 4.21. The zero-order valence-electron chi connectivity index (χ0n) is 12.0. The Morgan fingerprint density at radius 1 is 1.32 bits per heavy atom. The summed E-state index contributed by atoms with van der Waals surface area (Å²) in [6.07, 6.45) is 3.19. The fraction of sp³-hybridized carbons (Fsp3) is 0.600. The minimum atomic E-state index is 0.321. The minimum Gasteiger partial charge on any atom is -0.495 e. The maximum atomic E-state index is 6.07. The van der Waals surface area contributed by atoms with Crippen molar-refractivity contribution in [3.05, 3.63) is 28.8 Å². The van der Waals surface area contributed by atoms with Crippen molar-refractivity contribution < 1.29 is 9.47 Å². The highest BCUT2D eigenvalue weighted by atomic mass is 35.5. The molecule has 0 aliphatic rings. The Morgan fingerprint density at radius 3 is 2.74 bits per heavy atom. The number of rotatable bonds is 9. The van der Waals surface area contributed by atoms with Crippen LogP contribution in [0.3, 0.4) is 0 Å². The van der Waals surface area contributed by atoms with Gasteiger partial charge in [0, 0.05) is 19.8 Å². The van der Waals surface area contributed by atoms with Crippen LogP contribution in [-0.4, -0.2) is 27.4 Å². The van der Waals surface area contributed by atoms with Crippen LogP contribution in [0.15, 0.2) is 18.2 Å². The Labute approximate surface area is 121 Å². The van der Waals surface area contributed by atoms with Crippen LogP contribution in [0.2, 0.25) is 5.02 Å². The summed E-state index contributed by atoms with van der Waals surface area (Å²) in [7, 11) is 3.38.